The Morgan fingerprint density at radius 3 is 2.39 bits per heavy atom. The van der Waals surface area contributed by atoms with Gasteiger partial charge in [0.15, 0.2) is 11.6 Å². The van der Waals surface area contributed by atoms with Crippen molar-refractivity contribution < 1.29 is 31.9 Å². The molecule has 1 N–H and O–H groups in total. The highest BCUT2D eigenvalue weighted by Gasteiger charge is 2.40. The zero-order valence-corrected chi connectivity index (χ0v) is 20.3. The molecule has 0 radical (unpaired) electrons. The molecule has 0 bridgehead atoms. The fraction of sp³-hybridized carbons (Fsp3) is 0.333. The number of fused-ring (bicyclic) bond motifs is 1. The van der Waals surface area contributed by atoms with Crippen LogP contribution < -0.4 is 10.2 Å². The second-order valence-electron chi connectivity index (χ2n) is 8.97. The predicted octanol–water partition coefficient (Wildman–Crippen LogP) is 4.69. The van der Waals surface area contributed by atoms with Crippen molar-refractivity contribution in [2.45, 2.75) is 39.5 Å². The van der Waals surface area contributed by atoms with Crippen LogP contribution in [0.3, 0.4) is 0 Å². The van der Waals surface area contributed by atoms with E-state index in [-0.39, 0.29) is 28.0 Å². The number of aryl methyl sites for hydroxylation is 2. The number of carbonyl (C=O) groups is 2. The van der Waals surface area contributed by atoms with E-state index in [2.05, 4.69) is 21.8 Å². The van der Waals surface area contributed by atoms with E-state index in [9.17, 15) is 27.2 Å². The molecule has 8 nitrogen and oxygen atoms in total. The van der Waals surface area contributed by atoms with Gasteiger partial charge in [0.05, 0.1) is 17.4 Å². The van der Waals surface area contributed by atoms with Crippen molar-refractivity contribution in [1.82, 2.24) is 14.5 Å². The summed E-state index contributed by atoms with van der Waals surface area (Å²) in [5.74, 6) is 1.84. The second-order valence-corrected chi connectivity index (χ2v) is 8.97. The Labute approximate surface area is 204 Å². The zero-order valence-electron chi connectivity index (χ0n) is 20.3. The average molecular weight is 505 g/mol. The molecule has 0 saturated heterocycles. The number of imidazole rings is 1. The van der Waals surface area contributed by atoms with Gasteiger partial charge in [0.1, 0.15) is 16.9 Å². The summed E-state index contributed by atoms with van der Waals surface area (Å²) in [6, 6.07) is 4.04. The summed E-state index contributed by atoms with van der Waals surface area (Å²) in [4.78, 5) is 33.8. The number of aromatic nitrogens is 3. The summed E-state index contributed by atoms with van der Waals surface area (Å²) in [5.41, 5.74) is 0.181. The van der Waals surface area contributed by atoms with Gasteiger partial charge < -0.3 is 14.6 Å². The first-order valence-electron chi connectivity index (χ1n) is 10.6. The molecule has 0 aliphatic heterocycles. The first-order chi connectivity index (χ1) is 16.6. The molecule has 0 saturated carbocycles. The lowest BCUT2D eigenvalue weighted by molar-refractivity contribution is -0.167. The number of nitrogens with zero attached hydrogens (tertiary/aromatic N) is 4. The van der Waals surface area contributed by atoms with Gasteiger partial charge in [0, 0.05) is 19.7 Å². The lowest BCUT2D eigenvalue weighted by Crippen LogP contribution is -2.35. The number of rotatable bonds is 2. The Morgan fingerprint density at radius 2 is 1.81 bits per heavy atom. The molecule has 0 spiro atoms. The lowest BCUT2D eigenvalue weighted by atomic mass is 10.1. The minimum atomic E-state index is -5.22. The quantitative estimate of drug-likeness (QED) is 0.403. The number of hydrogen-bond acceptors (Lipinski definition) is 5. The van der Waals surface area contributed by atoms with Crippen LogP contribution in [0.15, 0.2) is 24.5 Å². The number of ether oxygens (including phenoxy) is 1. The number of benzene rings is 1. The molecule has 3 aromatic rings. The normalized spacial score (nSPS) is 11.6. The van der Waals surface area contributed by atoms with Crippen molar-refractivity contribution in [3.63, 3.8) is 0 Å². The monoisotopic (exact) mass is 505 g/mol. The largest absolute Gasteiger partial charge is 0.471 e. The van der Waals surface area contributed by atoms with Crippen molar-refractivity contribution in [3.05, 3.63) is 47.0 Å². The van der Waals surface area contributed by atoms with Crippen molar-refractivity contribution in [3.8, 4) is 11.8 Å². The van der Waals surface area contributed by atoms with Gasteiger partial charge in [-0.05, 0) is 51.5 Å². The van der Waals surface area contributed by atoms with E-state index >= 15 is 0 Å². The standard InChI is InChI=1S/C24H23F4N5O3/c1-13-9-14(11-15(25)10-13)7-8-16-18-17(29-12-32(18)5)20(33(6)22(35)36-23(2,3)4)30-19(16)31-21(34)24(26,27)28/h9-12H,1-6H3,(H,30,31,34). The van der Waals surface area contributed by atoms with Crippen LogP contribution in [0.2, 0.25) is 0 Å². The fourth-order valence-corrected chi connectivity index (χ4v) is 3.20. The Bertz CT molecular complexity index is 1390. The van der Waals surface area contributed by atoms with Crippen molar-refractivity contribution in [2.75, 3.05) is 17.3 Å². The summed E-state index contributed by atoms with van der Waals surface area (Å²) in [5, 5.41) is 1.73. The molecule has 2 heterocycles. The number of anilines is 2. The van der Waals surface area contributed by atoms with Crippen molar-refractivity contribution in [1.29, 1.82) is 0 Å². The summed E-state index contributed by atoms with van der Waals surface area (Å²) < 4.78 is 59.9. The highest BCUT2D eigenvalue weighted by Crippen LogP contribution is 2.32. The molecule has 2 aromatic heterocycles. The zero-order chi connectivity index (χ0) is 27.0. The maximum Gasteiger partial charge on any atom is 0.471 e. The lowest BCUT2D eigenvalue weighted by Gasteiger charge is -2.24. The van der Waals surface area contributed by atoms with Gasteiger partial charge >= 0.3 is 18.2 Å². The molecule has 0 fully saturated rings. The van der Waals surface area contributed by atoms with Crippen LogP contribution in [0.5, 0.6) is 0 Å². The average Bonchev–Trinajstić information content (AvgIpc) is 3.11. The van der Waals surface area contributed by atoms with Crippen LogP contribution >= 0.6 is 0 Å². The second kappa shape index (κ2) is 9.49. The molecule has 0 unspecified atom stereocenters. The molecule has 2 amide bonds. The minimum absolute atomic E-state index is 0.106. The third-order valence-electron chi connectivity index (χ3n) is 4.69. The highest BCUT2D eigenvalue weighted by molar-refractivity contribution is 6.03. The third kappa shape index (κ3) is 5.91. The molecule has 0 atom stereocenters. The topological polar surface area (TPSA) is 89.3 Å². The molecule has 0 aliphatic carbocycles. The van der Waals surface area contributed by atoms with Crippen LogP contribution in [0, 0.1) is 24.6 Å². The van der Waals surface area contributed by atoms with E-state index in [1.165, 1.54) is 24.0 Å². The molecule has 1 aromatic carbocycles. The van der Waals surface area contributed by atoms with E-state index in [0.29, 0.717) is 5.56 Å². The van der Waals surface area contributed by atoms with Crippen LogP contribution in [-0.2, 0) is 16.6 Å². The van der Waals surface area contributed by atoms with Gasteiger partial charge in [-0.2, -0.15) is 13.2 Å². The third-order valence-corrected chi connectivity index (χ3v) is 4.69. The van der Waals surface area contributed by atoms with Gasteiger partial charge in [-0.25, -0.2) is 19.2 Å². The van der Waals surface area contributed by atoms with Gasteiger partial charge in [0.2, 0.25) is 0 Å². The number of nitrogens with one attached hydrogen (secondary N) is 1. The smallest absolute Gasteiger partial charge is 0.443 e. The first-order valence-corrected chi connectivity index (χ1v) is 10.6. The number of pyridine rings is 1. The van der Waals surface area contributed by atoms with Crippen molar-refractivity contribution in [2.24, 2.45) is 7.05 Å². The number of carbonyl (C=O) groups excluding carboxylic acids is 2. The van der Waals surface area contributed by atoms with Gasteiger partial charge in [-0.3, -0.25) is 9.69 Å². The fourth-order valence-electron chi connectivity index (χ4n) is 3.20. The Hall–Kier alpha value is -4.14. The molecule has 190 valence electrons. The van der Waals surface area contributed by atoms with Crippen LogP contribution in [0.4, 0.5) is 34.0 Å². The summed E-state index contributed by atoms with van der Waals surface area (Å²) in [7, 11) is 2.86. The summed E-state index contributed by atoms with van der Waals surface area (Å²) in [6.45, 7) is 6.59. The molecular formula is C24H23F4N5O3. The van der Waals surface area contributed by atoms with E-state index in [4.69, 9.17) is 4.74 Å². The van der Waals surface area contributed by atoms with E-state index < -0.39 is 35.4 Å². The number of hydrogen-bond donors (Lipinski definition) is 1. The Kier molecular flexibility index (Phi) is 6.97. The summed E-state index contributed by atoms with van der Waals surface area (Å²) >= 11 is 0. The molecular weight excluding hydrogens is 482 g/mol. The van der Waals surface area contributed by atoms with Crippen molar-refractivity contribution >= 4 is 34.7 Å². The maximum absolute atomic E-state index is 13.8. The van der Waals surface area contributed by atoms with E-state index in [1.54, 1.807) is 46.1 Å². The van der Waals surface area contributed by atoms with E-state index in [1.807, 2.05) is 0 Å². The SMILES string of the molecule is Cc1cc(F)cc(C#Cc2c(NC(=O)C(F)(F)F)nc(N(C)C(=O)OC(C)(C)C)c3ncn(C)c23)c1. The van der Waals surface area contributed by atoms with E-state index in [0.717, 1.165) is 11.0 Å². The predicted molar refractivity (Wildman–Crippen MR) is 125 cm³/mol. The highest BCUT2D eigenvalue weighted by atomic mass is 19.4. The van der Waals surface area contributed by atoms with Gasteiger partial charge in [-0.1, -0.05) is 11.8 Å². The number of alkyl halides is 3. The van der Waals surface area contributed by atoms with Crippen LogP contribution in [-0.4, -0.2) is 45.4 Å². The van der Waals surface area contributed by atoms with Gasteiger partial charge in [-0.15, -0.1) is 0 Å². The molecule has 0 aliphatic rings. The summed E-state index contributed by atoms with van der Waals surface area (Å²) in [6.07, 6.45) is -4.71. The molecule has 3 rings (SSSR count). The number of amides is 2. The van der Waals surface area contributed by atoms with Gasteiger partial charge in [0.25, 0.3) is 0 Å². The Balaban J connectivity index is 2.26. The molecule has 36 heavy (non-hydrogen) atoms. The first kappa shape index (κ1) is 26.5. The van der Waals surface area contributed by atoms with Crippen LogP contribution in [0.1, 0.15) is 37.5 Å². The van der Waals surface area contributed by atoms with Crippen LogP contribution in [0.25, 0.3) is 11.0 Å². The molecule has 12 heteroatoms. The maximum atomic E-state index is 13.8. The number of halogens is 4. The Morgan fingerprint density at radius 1 is 1.14 bits per heavy atom. The minimum Gasteiger partial charge on any atom is -0.443 e.